The zero-order valence-corrected chi connectivity index (χ0v) is 19.7. The molecular weight excluding hydrogens is 474 g/mol. The highest BCUT2D eigenvalue weighted by atomic mass is 35.5. The van der Waals surface area contributed by atoms with Crippen LogP contribution in [0.25, 0.3) is 5.57 Å². The number of imidazole rings is 1. The van der Waals surface area contributed by atoms with Gasteiger partial charge in [0.25, 0.3) is 0 Å². The number of alkyl halides is 2. The monoisotopic (exact) mass is 492 g/mol. The fourth-order valence-corrected chi connectivity index (χ4v) is 4.58. The maximum atomic E-state index is 16.8. The maximum absolute atomic E-state index is 16.8. The standard InChI is InChI=1S/C26H19Cl2FN4O/c1-33-17-32-14-23(33)26(29,20-9-7-18(13-30)8-10-20)16-34-24-21(19-5-3-2-4-6-19)11-25(28,15-31)12-22(24)27/h2-10,12,14,17H,11,16H2,1H3. The van der Waals surface area contributed by atoms with Crippen LogP contribution in [0.2, 0.25) is 0 Å². The summed E-state index contributed by atoms with van der Waals surface area (Å²) in [5, 5.41) is 18.8. The summed E-state index contributed by atoms with van der Waals surface area (Å²) in [4.78, 5) is 2.73. The molecule has 1 aliphatic rings. The van der Waals surface area contributed by atoms with Crippen LogP contribution in [0.4, 0.5) is 4.39 Å². The second kappa shape index (κ2) is 9.35. The van der Waals surface area contributed by atoms with Crippen molar-refractivity contribution in [2.24, 2.45) is 7.05 Å². The van der Waals surface area contributed by atoms with E-state index in [1.165, 1.54) is 18.6 Å². The fourth-order valence-electron chi connectivity index (χ4n) is 3.92. The van der Waals surface area contributed by atoms with Crippen LogP contribution in [0.5, 0.6) is 0 Å². The van der Waals surface area contributed by atoms with Gasteiger partial charge in [0, 0.05) is 19.0 Å². The van der Waals surface area contributed by atoms with Gasteiger partial charge in [-0.2, -0.15) is 10.5 Å². The average molecular weight is 493 g/mol. The summed E-state index contributed by atoms with van der Waals surface area (Å²) in [6.45, 7) is -0.421. The predicted molar refractivity (Wildman–Crippen MR) is 128 cm³/mol. The first-order valence-electron chi connectivity index (χ1n) is 10.4. The minimum atomic E-state index is -2.10. The number of benzene rings is 2. The molecule has 2 unspecified atom stereocenters. The summed E-state index contributed by atoms with van der Waals surface area (Å²) in [5.41, 5.74) is 0.273. The van der Waals surface area contributed by atoms with Crippen molar-refractivity contribution in [3.63, 3.8) is 0 Å². The van der Waals surface area contributed by atoms with Crippen molar-refractivity contribution in [1.82, 2.24) is 9.55 Å². The van der Waals surface area contributed by atoms with Crippen LogP contribution in [0.1, 0.15) is 28.8 Å². The van der Waals surface area contributed by atoms with Gasteiger partial charge in [0.1, 0.15) is 12.4 Å². The molecule has 0 aliphatic heterocycles. The SMILES string of the molecule is Cn1cncc1C(F)(COC1=C(c2ccccc2)CC(Cl)(C#N)C=C1Cl)c1ccc(C#N)cc1. The van der Waals surface area contributed by atoms with Crippen molar-refractivity contribution < 1.29 is 9.13 Å². The Kier molecular flexibility index (Phi) is 6.48. The lowest BCUT2D eigenvalue weighted by molar-refractivity contribution is 0.0756. The van der Waals surface area contributed by atoms with Crippen LogP contribution in [0, 0.1) is 22.7 Å². The molecule has 34 heavy (non-hydrogen) atoms. The molecule has 0 N–H and O–H groups in total. The van der Waals surface area contributed by atoms with Gasteiger partial charge in [0.15, 0.2) is 4.87 Å². The molecule has 1 heterocycles. The predicted octanol–water partition coefficient (Wildman–Crippen LogP) is 5.96. The summed E-state index contributed by atoms with van der Waals surface area (Å²) in [7, 11) is 1.69. The summed E-state index contributed by atoms with van der Waals surface area (Å²) in [5.74, 6) is 0.261. The van der Waals surface area contributed by atoms with Gasteiger partial charge >= 0.3 is 0 Å². The van der Waals surface area contributed by atoms with Crippen molar-refractivity contribution in [3.8, 4) is 12.1 Å². The Morgan fingerprint density at radius 3 is 2.47 bits per heavy atom. The van der Waals surface area contributed by atoms with E-state index in [1.54, 1.807) is 35.9 Å². The topological polar surface area (TPSA) is 74.6 Å². The summed E-state index contributed by atoms with van der Waals surface area (Å²) in [6.07, 6.45) is 4.50. The summed E-state index contributed by atoms with van der Waals surface area (Å²) in [6, 6.07) is 19.6. The highest BCUT2D eigenvalue weighted by Gasteiger charge is 2.40. The van der Waals surface area contributed by atoms with E-state index in [1.807, 2.05) is 36.4 Å². The average Bonchev–Trinajstić information content (AvgIpc) is 3.30. The number of ether oxygens (including phenoxy) is 1. The number of halogens is 3. The zero-order valence-electron chi connectivity index (χ0n) is 18.2. The van der Waals surface area contributed by atoms with Gasteiger partial charge in [-0.1, -0.05) is 65.7 Å². The third-order valence-electron chi connectivity index (χ3n) is 5.70. The van der Waals surface area contributed by atoms with Crippen LogP contribution >= 0.6 is 23.2 Å². The number of hydrogen-bond donors (Lipinski definition) is 0. The smallest absolute Gasteiger partial charge is 0.210 e. The molecule has 1 aliphatic carbocycles. The summed E-state index contributed by atoms with van der Waals surface area (Å²) >= 11 is 13.0. The third-order valence-corrected chi connectivity index (χ3v) is 6.31. The molecule has 170 valence electrons. The van der Waals surface area contributed by atoms with Crippen LogP contribution in [-0.4, -0.2) is 21.0 Å². The number of nitriles is 2. The number of aromatic nitrogens is 2. The lowest BCUT2D eigenvalue weighted by atomic mass is 9.88. The van der Waals surface area contributed by atoms with Gasteiger partial charge in [-0.05, 0) is 29.3 Å². The molecule has 0 fully saturated rings. The third kappa shape index (κ3) is 4.43. The molecule has 0 bridgehead atoms. The Morgan fingerprint density at radius 2 is 1.88 bits per heavy atom. The van der Waals surface area contributed by atoms with E-state index in [4.69, 9.17) is 33.2 Å². The van der Waals surface area contributed by atoms with E-state index >= 15 is 4.39 Å². The molecule has 0 amide bonds. The van der Waals surface area contributed by atoms with E-state index in [9.17, 15) is 5.26 Å². The Hall–Kier alpha value is -3.58. The molecule has 0 saturated heterocycles. The number of hydrogen-bond acceptors (Lipinski definition) is 4. The van der Waals surface area contributed by atoms with Gasteiger partial charge in [-0.25, -0.2) is 9.37 Å². The van der Waals surface area contributed by atoms with Crippen molar-refractivity contribution in [1.29, 1.82) is 10.5 Å². The first-order chi connectivity index (χ1) is 16.3. The minimum absolute atomic E-state index is 0.133. The first-order valence-corrected chi connectivity index (χ1v) is 11.1. The molecule has 3 aromatic rings. The Balaban J connectivity index is 1.78. The molecule has 2 atom stereocenters. The van der Waals surface area contributed by atoms with Gasteiger partial charge in [0.05, 0.1) is 41.0 Å². The van der Waals surface area contributed by atoms with E-state index in [-0.39, 0.29) is 22.9 Å². The van der Waals surface area contributed by atoms with Gasteiger partial charge < -0.3 is 9.30 Å². The quantitative estimate of drug-likeness (QED) is 0.397. The van der Waals surface area contributed by atoms with Crippen LogP contribution < -0.4 is 0 Å². The molecular formula is C26H19Cl2FN4O. The highest BCUT2D eigenvalue weighted by molar-refractivity contribution is 6.35. The molecule has 8 heteroatoms. The number of aryl methyl sites for hydroxylation is 1. The molecule has 5 nitrogen and oxygen atoms in total. The highest BCUT2D eigenvalue weighted by Crippen LogP contribution is 2.44. The normalized spacial score (nSPS) is 19.5. The van der Waals surface area contributed by atoms with E-state index in [2.05, 4.69) is 11.1 Å². The molecule has 0 spiro atoms. The second-order valence-electron chi connectivity index (χ2n) is 7.99. The van der Waals surface area contributed by atoms with Crippen LogP contribution in [0.3, 0.4) is 0 Å². The van der Waals surface area contributed by atoms with Crippen molar-refractivity contribution >= 4 is 28.8 Å². The fraction of sp³-hybridized carbons (Fsp3) is 0.192. The van der Waals surface area contributed by atoms with Gasteiger partial charge in [-0.3, -0.25) is 0 Å². The van der Waals surface area contributed by atoms with Gasteiger partial charge in [-0.15, -0.1) is 0 Å². The molecule has 4 rings (SSSR count). The van der Waals surface area contributed by atoms with Crippen LogP contribution in [-0.2, 0) is 17.5 Å². The maximum Gasteiger partial charge on any atom is 0.210 e. The molecule has 2 aromatic carbocycles. The second-order valence-corrected chi connectivity index (χ2v) is 9.07. The number of allylic oxidation sites excluding steroid dienone is 3. The van der Waals surface area contributed by atoms with E-state index in [0.29, 0.717) is 16.7 Å². The van der Waals surface area contributed by atoms with Crippen molar-refractivity contribution in [2.45, 2.75) is 17.0 Å². The largest absolute Gasteiger partial charge is 0.488 e. The molecule has 0 saturated carbocycles. The zero-order chi connectivity index (χ0) is 24.3. The minimum Gasteiger partial charge on any atom is -0.488 e. The Labute approximate surface area is 206 Å². The lowest BCUT2D eigenvalue weighted by Gasteiger charge is -2.30. The van der Waals surface area contributed by atoms with Crippen molar-refractivity contribution in [2.75, 3.05) is 6.61 Å². The van der Waals surface area contributed by atoms with E-state index in [0.717, 1.165) is 5.56 Å². The molecule has 0 radical (unpaired) electrons. The van der Waals surface area contributed by atoms with Gasteiger partial charge in [0.2, 0.25) is 5.67 Å². The lowest BCUT2D eigenvalue weighted by Crippen LogP contribution is -2.31. The number of rotatable bonds is 6. The van der Waals surface area contributed by atoms with Crippen molar-refractivity contribution in [3.05, 3.63) is 106 Å². The Morgan fingerprint density at radius 1 is 1.18 bits per heavy atom. The first kappa shape index (κ1) is 23.6. The summed E-state index contributed by atoms with van der Waals surface area (Å²) < 4.78 is 24.4. The number of nitrogens with zero attached hydrogens (tertiary/aromatic N) is 4. The van der Waals surface area contributed by atoms with E-state index < -0.39 is 17.1 Å². The Bertz CT molecular complexity index is 1350. The van der Waals surface area contributed by atoms with Crippen LogP contribution in [0.15, 0.2) is 84.0 Å². The molecule has 1 aromatic heterocycles.